The average Bonchev–Trinajstić information content (AvgIpc) is 2.87. The number of benzene rings is 6. The highest BCUT2D eigenvalue weighted by molar-refractivity contribution is 6.19. The van der Waals surface area contributed by atoms with Crippen LogP contribution in [0.5, 0.6) is 0 Å². The molecule has 0 aromatic heterocycles. The molecule has 0 radical (unpaired) electrons. The van der Waals surface area contributed by atoms with Crippen molar-refractivity contribution in [2.45, 2.75) is 13.3 Å². The molecule has 0 atom stereocenters. The molecule has 0 heteroatoms. The Morgan fingerprint density at radius 1 is 0.406 bits per heavy atom. The first-order valence-electron chi connectivity index (χ1n) is 11.4. The van der Waals surface area contributed by atoms with Crippen LogP contribution in [0.15, 0.2) is 115 Å². The van der Waals surface area contributed by atoms with Gasteiger partial charge in [-0.15, -0.1) is 0 Å². The molecule has 152 valence electrons. The molecule has 6 rings (SSSR count). The summed E-state index contributed by atoms with van der Waals surface area (Å²) in [6, 6.07) is 42.0. The van der Waals surface area contributed by atoms with Crippen molar-refractivity contribution in [2.75, 3.05) is 0 Å². The Balaban J connectivity index is 1.77. The van der Waals surface area contributed by atoms with E-state index in [0.29, 0.717) is 0 Å². The van der Waals surface area contributed by atoms with Crippen molar-refractivity contribution < 1.29 is 0 Å². The first kappa shape index (κ1) is 18.8. The van der Waals surface area contributed by atoms with Gasteiger partial charge in [0.05, 0.1) is 0 Å². The van der Waals surface area contributed by atoms with Gasteiger partial charge in [-0.05, 0) is 66.6 Å². The highest BCUT2D eigenvalue weighted by Gasteiger charge is 2.17. The molecule has 0 aliphatic carbocycles. The molecule has 0 aliphatic rings. The molecule has 0 N–H and O–H groups in total. The van der Waals surface area contributed by atoms with Crippen LogP contribution in [0.3, 0.4) is 0 Å². The van der Waals surface area contributed by atoms with Crippen molar-refractivity contribution in [3.8, 4) is 22.3 Å². The zero-order valence-corrected chi connectivity index (χ0v) is 18.2. The zero-order valence-electron chi connectivity index (χ0n) is 18.2. The Bertz CT molecular complexity index is 1530. The predicted octanol–water partition coefficient (Wildman–Crippen LogP) is 9.04. The van der Waals surface area contributed by atoms with E-state index in [1.165, 1.54) is 60.1 Å². The monoisotopic (exact) mass is 408 g/mol. The Morgan fingerprint density at radius 3 is 1.41 bits per heavy atom. The first-order valence-corrected chi connectivity index (χ1v) is 11.4. The van der Waals surface area contributed by atoms with Gasteiger partial charge in [-0.1, -0.05) is 122 Å². The Hall–Kier alpha value is -3.90. The normalized spacial score (nSPS) is 11.4. The van der Waals surface area contributed by atoms with E-state index in [-0.39, 0.29) is 0 Å². The molecule has 0 aliphatic heterocycles. The number of hydrogen-bond acceptors (Lipinski definition) is 0. The largest absolute Gasteiger partial charge is 0.0622 e. The molecule has 0 spiro atoms. The maximum atomic E-state index is 2.32. The van der Waals surface area contributed by atoms with Gasteiger partial charge in [-0.3, -0.25) is 0 Å². The number of aryl methyl sites for hydroxylation is 1. The quantitative estimate of drug-likeness (QED) is 0.256. The molecule has 0 saturated heterocycles. The average molecular weight is 409 g/mol. The third-order valence-electron chi connectivity index (χ3n) is 6.67. The molecule has 0 nitrogen and oxygen atoms in total. The molecule has 32 heavy (non-hydrogen) atoms. The van der Waals surface area contributed by atoms with E-state index < -0.39 is 0 Å². The summed E-state index contributed by atoms with van der Waals surface area (Å²) < 4.78 is 0. The fraction of sp³-hybridized carbons (Fsp3) is 0.0625. The summed E-state index contributed by atoms with van der Waals surface area (Å²) in [5.74, 6) is 0. The second-order valence-electron chi connectivity index (χ2n) is 8.37. The van der Waals surface area contributed by atoms with Gasteiger partial charge in [0, 0.05) is 0 Å². The highest BCUT2D eigenvalue weighted by Crippen LogP contribution is 2.43. The maximum absolute atomic E-state index is 2.32. The topological polar surface area (TPSA) is 0 Å². The van der Waals surface area contributed by atoms with Gasteiger partial charge >= 0.3 is 0 Å². The van der Waals surface area contributed by atoms with E-state index in [0.717, 1.165) is 6.42 Å². The van der Waals surface area contributed by atoms with E-state index in [9.17, 15) is 0 Å². The Kier molecular flexibility index (Phi) is 4.51. The van der Waals surface area contributed by atoms with E-state index in [1.54, 1.807) is 0 Å². The van der Waals surface area contributed by atoms with Crippen molar-refractivity contribution >= 4 is 32.3 Å². The summed E-state index contributed by atoms with van der Waals surface area (Å²) in [6.45, 7) is 2.26. The minimum atomic E-state index is 1.02. The molecule has 6 aromatic rings. The van der Waals surface area contributed by atoms with Gasteiger partial charge in [0.1, 0.15) is 0 Å². The molecule has 0 saturated carbocycles. The molecule has 6 aromatic carbocycles. The summed E-state index contributed by atoms with van der Waals surface area (Å²) in [5, 5.41) is 7.98. The van der Waals surface area contributed by atoms with Crippen LogP contribution in [-0.2, 0) is 6.42 Å². The number of fused-ring (bicyclic) bond motifs is 3. The van der Waals surface area contributed by atoms with Crippen LogP contribution in [0.1, 0.15) is 12.5 Å². The van der Waals surface area contributed by atoms with Gasteiger partial charge in [0.25, 0.3) is 0 Å². The van der Waals surface area contributed by atoms with Crippen molar-refractivity contribution in [2.24, 2.45) is 0 Å². The second-order valence-corrected chi connectivity index (χ2v) is 8.37. The van der Waals surface area contributed by atoms with Crippen molar-refractivity contribution in [3.05, 3.63) is 121 Å². The van der Waals surface area contributed by atoms with Gasteiger partial charge in [0.15, 0.2) is 0 Å². The summed E-state index contributed by atoms with van der Waals surface area (Å²) in [5.41, 5.74) is 6.61. The lowest BCUT2D eigenvalue weighted by Gasteiger charge is -2.19. The molecular weight excluding hydrogens is 384 g/mol. The van der Waals surface area contributed by atoms with Gasteiger partial charge < -0.3 is 0 Å². The molecular formula is C32H24. The fourth-order valence-corrected chi connectivity index (χ4v) is 5.28. The van der Waals surface area contributed by atoms with Crippen LogP contribution >= 0.6 is 0 Å². The molecule has 0 amide bonds. The van der Waals surface area contributed by atoms with E-state index >= 15 is 0 Å². The fourth-order valence-electron chi connectivity index (χ4n) is 5.28. The zero-order chi connectivity index (χ0) is 21.5. The SMILES string of the molecule is CCc1c2ccccc2c(-c2ccc(-c3ccccc3)c3ccccc23)c2ccccc12. The minimum absolute atomic E-state index is 1.02. The Morgan fingerprint density at radius 2 is 0.844 bits per heavy atom. The summed E-state index contributed by atoms with van der Waals surface area (Å²) >= 11 is 0. The van der Waals surface area contributed by atoms with Gasteiger partial charge in [-0.25, -0.2) is 0 Å². The minimum Gasteiger partial charge on any atom is -0.0622 e. The van der Waals surface area contributed by atoms with Crippen LogP contribution in [0.2, 0.25) is 0 Å². The third kappa shape index (κ3) is 2.84. The standard InChI is InChI=1S/C32H24/c1-2-23-25-14-8-10-18-29(25)32(30-19-11-9-15-26(23)30)31-21-20-24(22-12-4-3-5-13-22)27-16-6-7-17-28(27)31/h3-21H,2H2,1H3. The lowest BCUT2D eigenvalue weighted by Crippen LogP contribution is -1.93. The number of rotatable bonds is 3. The summed E-state index contributed by atoms with van der Waals surface area (Å²) in [6.07, 6.45) is 1.02. The second kappa shape index (κ2) is 7.66. The van der Waals surface area contributed by atoms with Gasteiger partial charge in [-0.2, -0.15) is 0 Å². The summed E-state index contributed by atoms with van der Waals surface area (Å²) in [7, 11) is 0. The molecule has 0 unspecified atom stereocenters. The van der Waals surface area contributed by atoms with Crippen molar-refractivity contribution in [3.63, 3.8) is 0 Å². The maximum Gasteiger partial charge on any atom is -0.00204 e. The Labute approximate surface area is 188 Å². The smallest absolute Gasteiger partial charge is 0.00204 e. The van der Waals surface area contributed by atoms with Gasteiger partial charge in [0.2, 0.25) is 0 Å². The third-order valence-corrected chi connectivity index (χ3v) is 6.67. The lowest BCUT2D eigenvalue weighted by molar-refractivity contribution is 1.18. The van der Waals surface area contributed by atoms with Crippen molar-refractivity contribution in [1.29, 1.82) is 0 Å². The van der Waals surface area contributed by atoms with Crippen LogP contribution in [0.25, 0.3) is 54.6 Å². The van der Waals surface area contributed by atoms with Crippen LogP contribution in [0, 0.1) is 0 Å². The summed E-state index contributed by atoms with van der Waals surface area (Å²) in [4.78, 5) is 0. The number of hydrogen-bond donors (Lipinski definition) is 0. The van der Waals surface area contributed by atoms with E-state index in [1.807, 2.05) is 0 Å². The van der Waals surface area contributed by atoms with Crippen LogP contribution in [0.4, 0.5) is 0 Å². The lowest BCUT2D eigenvalue weighted by atomic mass is 9.85. The van der Waals surface area contributed by atoms with E-state index in [4.69, 9.17) is 0 Å². The first-order chi connectivity index (χ1) is 15.9. The van der Waals surface area contributed by atoms with Crippen molar-refractivity contribution in [1.82, 2.24) is 0 Å². The molecule has 0 fully saturated rings. The van der Waals surface area contributed by atoms with Crippen LogP contribution < -0.4 is 0 Å². The molecule has 0 heterocycles. The molecule has 0 bridgehead atoms. The van der Waals surface area contributed by atoms with Crippen LogP contribution in [-0.4, -0.2) is 0 Å². The highest BCUT2D eigenvalue weighted by atomic mass is 14.2. The van der Waals surface area contributed by atoms with E-state index in [2.05, 4.69) is 122 Å². The predicted molar refractivity (Wildman–Crippen MR) is 139 cm³/mol.